The molecule has 1 N–H and O–H groups in total. The summed E-state index contributed by atoms with van der Waals surface area (Å²) in [6.45, 7) is 5.61. The molecule has 0 bridgehead atoms. The Labute approximate surface area is 117 Å². The average molecular weight is 262 g/mol. The minimum Gasteiger partial charge on any atom is -0.505 e. The molecule has 0 aliphatic carbocycles. The molecule has 0 spiro atoms. The van der Waals surface area contributed by atoms with Gasteiger partial charge in [-0.15, -0.1) is 0 Å². The van der Waals surface area contributed by atoms with Crippen molar-refractivity contribution in [3.8, 4) is 17.0 Å². The number of pyridine rings is 2. The Morgan fingerprint density at radius 1 is 1.15 bits per heavy atom. The van der Waals surface area contributed by atoms with E-state index in [0.29, 0.717) is 5.69 Å². The Balaban J connectivity index is 2.24. The van der Waals surface area contributed by atoms with Crippen molar-refractivity contribution < 1.29 is 5.11 Å². The zero-order valence-corrected chi connectivity index (χ0v) is 11.2. The van der Waals surface area contributed by atoms with Crippen LogP contribution >= 0.6 is 0 Å². The van der Waals surface area contributed by atoms with Crippen molar-refractivity contribution >= 4 is 17.0 Å². The van der Waals surface area contributed by atoms with Crippen molar-refractivity contribution in [1.29, 1.82) is 0 Å². The van der Waals surface area contributed by atoms with Crippen LogP contribution < -0.4 is 0 Å². The molecule has 2 aromatic heterocycles. The number of benzene rings is 1. The molecule has 20 heavy (non-hydrogen) atoms. The molecule has 1 aromatic carbocycles. The van der Waals surface area contributed by atoms with E-state index in [9.17, 15) is 5.11 Å². The molecule has 0 amide bonds. The van der Waals surface area contributed by atoms with Crippen molar-refractivity contribution in [2.75, 3.05) is 0 Å². The predicted octanol–water partition coefficient (Wildman–Crippen LogP) is 3.95. The number of aromatic nitrogens is 2. The van der Waals surface area contributed by atoms with Crippen molar-refractivity contribution in [3.63, 3.8) is 0 Å². The Morgan fingerprint density at radius 3 is 2.60 bits per heavy atom. The van der Waals surface area contributed by atoms with E-state index in [1.807, 2.05) is 37.3 Å². The fraction of sp³-hybridized carbons (Fsp3) is 0.0588. The average Bonchev–Trinajstić information content (AvgIpc) is 2.51. The van der Waals surface area contributed by atoms with Crippen molar-refractivity contribution in [2.45, 2.75) is 6.92 Å². The van der Waals surface area contributed by atoms with Gasteiger partial charge in [0.05, 0.1) is 5.52 Å². The Kier molecular flexibility index (Phi) is 2.95. The topological polar surface area (TPSA) is 46.0 Å². The molecule has 0 radical (unpaired) electrons. The maximum atomic E-state index is 10.4. The molecule has 3 nitrogen and oxygen atoms in total. The van der Waals surface area contributed by atoms with Crippen molar-refractivity contribution in [3.05, 3.63) is 60.4 Å². The summed E-state index contributed by atoms with van der Waals surface area (Å²) in [6, 6.07) is 9.63. The lowest BCUT2D eigenvalue weighted by Crippen LogP contribution is -1.91. The van der Waals surface area contributed by atoms with Crippen LogP contribution in [0.2, 0.25) is 0 Å². The lowest BCUT2D eigenvalue weighted by molar-refractivity contribution is 0.472. The molecule has 0 atom stereocenters. The zero-order chi connectivity index (χ0) is 14.1. The molecule has 3 aromatic rings. The number of nitrogens with zero attached hydrogens (tertiary/aromatic N) is 2. The zero-order valence-electron chi connectivity index (χ0n) is 11.2. The molecule has 0 aliphatic rings. The summed E-state index contributed by atoms with van der Waals surface area (Å²) >= 11 is 0. The van der Waals surface area contributed by atoms with Crippen LogP contribution in [0.3, 0.4) is 0 Å². The van der Waals surface area contributed by atoms with Crippen LogP contribution in [0, 0.1) is 6.92 Å². The molecular formula is C17H14N2O. The van der Waals surface area contributed by atoms with E-state index in [1.54, 1.807) is 18.5 Å². The van der Waals surface area contributed by atoms with Gasteiger partial charge in [-0.2, -0.15) is 0 Å². The second-order valence-electron chi connectivity index (χ2n) is 4.65. The number of rotatable bonds is 2. The van der Waals surface area contributed by atoms with Gasteiger partial charge in [0.1, 0.15) is 11.4 Å². The second kappa shape index (κ2) is 4.78. The molecule has 0 fully saturated rings. The SMILES string of the molecule is C=Cc1ccc(-c2nc3ccncc3c(C)c2O)cc1. The highest BCUT2D eigenvalue weighted by molar-refractivity contribution is 5.87. The third kappa shape index (κ3) is 1.93. The summed E-state index contributed by atoms with van der Waals surface area (Å²) < 4.78 is 0. The van der Waals surface area contributed by atoms with E-state index < -0.39 is 0 Å². The molecule has 3 heteroatoms. The van der Waals surface area contributed by atoms with E-state index in [4.69, 9.17) is 0 Å². The Bertz CT molecular complexity index is 792. The van der Waals surface area contributed by atoms with Gasteiger partial charge in [0.15, 0.2) is 0 Å². The number of fused-ring (bicyclic) bond motifs is 1. The van der Waals surface area contributed by atoms with Gasteiger partial charge in [0.25, 0.3) is 0 Å². The minimum absolute atomic E-state index is 0.205. The number of aromatic hydroxyl groups is 1. The van der Waals surface area contributed by atoms with Crippen LogP contribution in [0.15, 0.2) is 49.3 Å². The molecular weight excluding hydrogens is 248 g/mol. The van der Waals surface area contributed by atoms with Gasteiger partial charge in [0, 0.05) is 28.9 Å². The van der Waals surface area contributed by atoms with Gasteiger partial charge in [-0.25, -0.2) is 4.98 Å². The van der Waals surface area contributed by atoms with Gasteiger partial charge < -0.3 is 5.11 Å². The van der Waals surface area contributed by atoms with E-state index in [-0.39, 0.29) is 5.75 Å². The van der Waals surface area contributed by atoms with Gasteiger partial charge in [-0.05, 0) is 18.6 Å². The number of aryl methyl sites for hydroxylation is 1. The summed E-state index contributed by atoms with van der Waals surface area (Å²) in [4.78, 5) is 8.62. The molecule has 0 saturated heterocycles. The summed E-state index contributed by atoms with van der Waals surface area (Å²) in [5, 5.41) is 11.2. The normalized spacial score (nSPS) is 10.7. The highest BCUT2D eigenvalue weighted by Crippen LogP contribution is 2.34. The summed E-state index contributed by atoms with van der Waals surface area (Å²) in [7, 11) is 0. The largest absolute Gasteiger partial charge is 0.505 e. The molecule has 98 valence electrons. The van der Waals surface area contributed by atoms with Gasteiger partial charge in [0.2, 0.25) is 0 Å². The molecule has 3 rings (SSSR count). The third-order valence-electron chi connectivity index (χ3n) is 3.43. The van der Waals surface area contributed by atoms with E-state index in [1.165, 1.54) is 0 Å². The Hall–Kier alpha value is -2.68. The first-order chi connectivity index (χ1) is 9.70. The summed E-state index contributed by atoms with van der Waals surface area (Å²) in [6.07, 6.45) is 5.22. The number of hydrogen-bond donors (Lipinski definition) is 1. The lowest BCUT2D eigenvalue weighted by atomic mass is 10.0. The minimum atomic E-state index is 0.205. The lowest BCUT2D eigenvalue weighted by Gasteiger charge is -2.10. The van der Waals surface area contributed by atoms with Crippen LogP contribution in [-0.2, 0) is 0 Å². The fourth-order valence-electron chi connectivity index (χ4n) is 2.23. The van der Waals surface area contributed by atoms with Crippen LogP contribution in [-0.4, -0.2) is 15.1 Å². The number of hydrogen-bond acceptors (Lipinski definition) is 3. The molecule has 0 unspecified atom stereocenters. The van der Waals surface area contributed by atoms with Gasteiger partial charge in [-0.1, -0.05) is 36.9 Å². The first kappa shape index (κ1) is 12.4. The summed E-state index contributed by atoms with van der Waals surface area (Å²) in [5.41, 5.74) is 4.14. The third-order valence-corrected chi connectivity index (χ3v) is 3.43. The van der Waals surface area contributed by atoms with E-state index >= 15 is 0 Å². The summed E-state index contributed by atoms with van der Waals surface area (Å²) in [5.74, 6) is 0.205. The van der Waals surface area contributed by atoms with Crippen LogP contribution in [0.25, 0.3) is 28.2 Å². The van der Waals surface area contributed by atoms with E-state index in [2.05, 4.69) is 16.5 Å². The highest BCUT2D eigenvalue weighted by Gasteiger charge is 2.12. The molecule has 0 aliphatic heterocycles. The Morgan fingerprint density at radius 2 is 1.90 bits per heavy atom. The van der Waals surface area contributed by atoms with Crippen molar-refractivity contribution in [1.82, 2.24) is 9.97 Å². The first-order valence-electron chi connectivity index (χ1n) is 6.37. The van der Waals surface area contributed by atoms with Gasteiger partial charge in [-0.3, -0.25) is 4.98 Å². The fourth-order valence-corrected chi connectivity index (χ4v) is 2.23. The maximum absolute atomic E-state index is 10.4. The second-order valence-corrected chi connectivity index (χ2v) is 4.65. The molecule has 0 saturated carbocycles. The van der Waals surface area contributed by atoms with Gasteiger partial charge >= 0.3 is 0 Å². The van der Waals surface area contributed by atoms with Crippen LogP contribution in [0.4, 0.5) is 0 Å². The van der Waals surface area contributed by atoms with E-state index in [0.717, 1.165) is 27.6 Å². The smallest absolute Gasteiger partial charge is 0.145 e. The van der Waals surface area contributed by atoms with Crippen LogP contribution in [0.5, 0.6) is 5.75 Å². The maximum Gasteiger partial charge on any atom is 0.145 e. The highest BCUT2D eigenvalue weighted by atomic mass is 16.3. The van der Waals surface area contributed by atoms with Crippen molar-refractivity contribution in [2.24, 2.45) is 0 Å². The predicted molar refractivity (Wildman–Crippen MR) is 81.5 cm³/mol. The quantitative estimate of drug-likeness (QED) is 0.760. The first-order valence-corrected chi connectivity index (χ1v) is 6.37. The standard InChI is InChI=1S/C17H14N2O/c1-3-12-4-6-13(7-5-12)16-17(20)11(2)14-10-18-9-8-15(14)19-16/h3-10,20H,1H2,2H3. The van der Waals surface area contributed by atoms with Crippen LogP contribution in [0.1, 0.15) is 11.1 Å². The monoisotopic (exact) mass is 262 g/mol. The molecule has 2 heterocycles.